The van der Waals surface area contributed by atoms with E-state index in [4.69, 9.17) is 16.6 Å². The predicted molar refractivity (Wildman–Crippen MR) is 127 cm³/mol. The molecule has 0 bridgehead atoms. The van der Waals surface area contributed by atoms with Gasteiger partial charge in [-0.25, -0.2) is 17.8 Å². The normalized spacial score (nSPS) is 11.6. The van der Waals surface area contributed by atoms with Gasteiger partial charge in [0.25, 0.3) is 0 Å². The number of thioether (sulfide) groups is 1. The Morgan fingerprint density at radius 3 is 2.48 bits per heavy atom. The summed E-state index contributed by atoms with van der Waals surface area (Å²) in [5, 5.41) is 0.673. The van der Waals surface area contributed by atoms with Crippen LogP contribution in [-0.4, -0.2) is 19.7 Å². The summed E-state index contributed by atoms with van der Waals surface area (Å²) in [6.45, 7) is 0. The van der Waals surface area contributed by atoms with E-state index in [1.807, 2.05) is 24.3 Å². The predicted octanol–water partition coefficient (Wildman–Crippen LogP) is 6.97. The maximum Gasteiger partial charge on any atom is 0.176 e. The molecule has 1 aromatic heterocycles. The average Bonchev–Trinajstić information content (AvgIpc) is 3.16. The van der Waals surface area contributed by atoms with Crippen LogP contribution in [0.4, 0.5) is 4.39 Å². The van der Waals surface area contributed by atoms with E-state index in [0.717, 1.165) is 20.3 Å². The number of nitrogens with zero attached hydrogens (tertiary/aromatic N) is 1. The third kappa shape index (κ3) is 5.18. The minimum absolute atomic E-state index is 0.244. The van der Waals surface area contributed by atoms with Crippen LogP contribution in [0.1, 0.15) is 5.56 Å². The lowest BCUT2D eigenvalue weighted by Crippen LogP contribution is -1.99. The summed E-state index contributed by atoms with van der Waals surface area (Å²) in [5.41, 5.74) is 3.02. The molecule has 158 valence electrons. The van der Waals surface area contributed by atoms with Crippen LogP contribution >= 0.6 is 34.7 Å². The summed E-state index contributed by atoms with van der Waals surface area (Å²) < 4.78 is 39.0. The number of rotatable bonds is 6. The Morgan fingerprint density at radius 1 is 1.03 bits per heavy atom. The van der Waals surface area contributed by atoms with Crippen LogP contribution in [0.3, 0.4) is 0 Å². The molecular formula is C23H17ClFNO2S3. The van der Waals surface area contributed by atoms with E-state index < -0.39 is 9.84 Å². The van der Waals surface area contributed by atoms with Crippen LogP contribution in [-0.2, 0) is 15.6 Å². The van der Waals surface area contributed by atoms with Crippen LogP contribution < -0.4 is 0 Å². The lowest BCUT2D eigenvalue weighted by Gasteiger charge is -2.08. The van der Waals surface area contributed by atoms with Gasteiger partial charge in [0.15, 0.2) is 14.2 Å². The number of sulfone groups is 1. The molecule has 0 atom stereocenters. The van der Waals surface area contributed by atoms with Gasteiger partial charge in [-0.15, -0.1) is 11.3 Å². The number of thiazole rings is 1. The van der Waals surface area contributed by atoms with Crippen molar-refractivity contribution in [1.82, 2.24) is 4.98 Å². The van der Waals surface area contributed by atoms with E-state index in [9.17, 15) is 12.8 Å². The van der Waals surface area contributed by atoms with Gasteiger partial charge in [-0.1, -0.05) is 53.7 Å². The fourth-order valence-corrected chi connectivity index (χ4v) is 6.42. The summed E-state index contributed by atoms with van der Waals surface area (Å²) in [6, 6.07) is 20.6. The fourth-order valence-electron chi connectivity index (χ4n) is 3.10. The van der Waals surface area contributed by atoms with Crippen molar-refractivity contribution in [3.8, 4) is 21.7 Å². The summed E-state index contributed by atoms with van der Waals surface area (Å²) in [6.07, 6.45) is 1.19. The monoisotopic (exact) mass is 489 g/mol. The molecule has 4 aromatic rings. The van der Waals surface area contributed by atoms with Gasteiger partial charge in [-0.2, -0.15) is 0 Å². The second-order valence-corrected chi connectivity index (χ2v) is 11.5. The molecule has 0 aliphatic rings. The molecule has 0 saturated heterocycles. The highest BCUT2D eigenvalue weighted by Crippen LogP contribution is 2.43. The van der Waals surface area contributed by atoms with Gasteiger partial charge in [0, 0.05) is 28.2 Å². The molecular weight excluding hydrogens is 473 g/mol. The number of hydrogen-bond acceptors (Lipinski definition) is 5. The molecule has 3 aromatic carbocycles. The molecule has 0 unspecified atom stereocenters. The molecule has 0 amide bonds. The highest BCUT2D eigenvalue weighted by Gasteiger charge is 2.21. The lowest BCUT2D eigenvalue weighted by atomic mass is 10.1. The lowest BCUT2D eigenvalue weighted by molar-refractivity contribution is 0.602. The second-order valence-electron chi connectivity index (χ2n) is 6.85. The van der Waals surface area contributed by atoms with E-state index in [-0.39, 0.29) is 10.7 Å². The van der Waals surface area contributed by atoms with E-state index in [1.54, 1.807) is 48.2 Å². The third-order valence-electron chi connectivity index (χ3n) is 4.51. The minimum Gasteiger partial charge on any atom is -0.229 e. The molecule has 31 heavy (non-hydrogen) atoms. The molecule has 4 rings (SSSR count). The Bertz CT molecular complexity index is 1340. The third-order valence-corrected chi connectivity index (χ3v) is 8.20. The van der Waals surface area contributed by atoms with Gasteiger partial charge >= 0.3 is 0 Å². The summed E-state index contributed by atoms with van der Waals surface area (Å²) in [4.78, 5) is 5.76. The Balaban J connectivity index is 1.79. The zero-order valence-electron chi connectivity index (χ0n) is 16.4. The Hall–Kier alpha value is -2.19. The van der Waals surface area contributed by atoms with Crippen LogP contribution in [0.2, 0.25) is 5.02 Å². The fraction of sp³-hybridized carbons (Fsp3) is 0.0870. The number of aromatic nitrogens is 1. The first-order valence-corrected chi connectivity index (χ1v) is 13.3. The number of halogens is 2. The van der Waals surface area contributed by atoms with Crippen molar-refractivity contribution in [2.45, 2.75) is 15.0 Å². The van der Waals surface area contributed by atoms with E-state index in [0.29, 0.717) is 22.0 Å². The van der Waals surface area contributed by atoms with Gasteiger partial charge in [-0.3, -0.25) is 0 Å². The van der Waals surface area contributed by atoms with Gasteiger partial charge in [0.1, 0.15) is 5.82 Å². The maximum absolute atomic E-state index is 13.5. The molecule has 0 radical (unpaired) electrons. The van der Waals surface area contributed by atoms with Crippen LogP contribution in [0.15, 0.2) is 82.0 Å². The van der Waals surface area contributed by atoms with E-state index in [1.165, 1.54) is 29.7 Å². The maximum atomic E-state index is 13.5. The van der Waals surface area contributed by atoms with Crippen molar-refractivity contribution in [1.29, 1.82) is 0 Å². The SMILES string of the molecule is CS(=O)(=O)c1ccccc1-c1sc(SCc2cccc(Cl)c2)nc1-c1ccc(F)cc1. The highest BCUT2D eigenvalue weighted by molar-refractivity contribution is 8.00. The average molecular weight is 490 g/mol. The van der Waals surface area contributed by atoms with Gasteiger partial charge in [0.2, 0.25) is 0 Å². The Morgan fingerprint density at radius 2 is 1.77 bits per heavy atom. The van der Waals surface area contributed by atoms with Crippen LogP contribution in [0.25, 0.3) is 21.7 Å². The quantitative estimate of drug-likeness (QED) is 0.274. The van der Waals surface area contributed by atoms with Gasteiger partial charge < -0.3 is 0 Å². The first-order valence-electron chi connectivity index (χ1n) is 9.25. The zero-order chi connectivity index (χ0) is 22.0. The zero-order valence-corrected chi connectivity index (χ0v) is 19.6. The number of hydrogen-bond donors (Lipinski definition) is 0. The molecule has 0 spiro atoms. The standard InChI is InChI=1S/C23H17ClFNO2S3/c1-31(27,28)20-8-3-2-7-19(20)22-21(16-9-11-18(25)12-10-16)26-23(30-22)29-14-15-5-4-6-17(24)13-15/h2-13H,14H2,1H3. The molecule has 1 heterocycles. The van der Waals surface area contributed by atoms with Crippen molar-refractivity contribution in [2.24, 2.45) is 0 Å². The van der Waals surface area contributed by atoms with E-state index in [2.05, 4.69) is 0 Å². The van der Waals surface area contributed by atoms with Crippen molar-refractivity contribution in [3.63, 3.8) is 0 Å². The van der Waals surface area contributed by atoms with E-state index >= 15 is 0 Å². The molecule has 0 saturated carbocycles. The molecule has 3 nitrogen and oxygen atoms in total. The van der Waals surface area contributed by atoms with Gasteiger partial charge in [-0.05, 0) is 48.0 Å². The van der Waals surface area contributed by atoms with Crippen molar-refractivity contribution in [3.05, 3.63) is 89.2 Å². The largest absolute Gasteiger partial charge is 0.229 e. The summed E-state index contributed by atoms with van der Waals surface area (Å²) in [7, 11) is -3.44. The minimum atomic E-state index is -3.44. The first kappa shape index (κ1) is 22.0. The molecule has 0 fully saturated rings. The Labute approximate surface area is 193 Å². The van der Waals surface area contributed by atoms with Crippen LogP contribution in [0.5, 0.6) is 0 Å². The van der Waals surface area contributed by atoms with Crippen molar-refractivity contribution < 1.29 is 12.8 Å². The molecule has 0 aliphatic heterocycles. The van der Waals surface area contributed by atoms with Gasteiger partial charge in [0.05, 0.1) is 15.5 Å². The topological polar surface area (TPSA) is 47.0 Å². The van der Waals surface area contributed by atoms with Crippen molar-refractivity contribution in [2.75, 3.05) is 6.26 Å². The summed E-state index contributed by atoms with van der Waals surface area (Å²) in [5.74, 6) is 0.331. The first-order chi connectivity index (χ1) is 14.8. The van der Waals surface area contributed by atoms with Crippen LogP contribution in [0, 0.1) is 5.82 Å². The number of benzene rings is 3. The summed E-state index contributed by atoms with van der Waals surface area (Å²) >= 11 is 9.05. The molecule has 8 heteroatoms. The molecule has 0 aliphatic carbocycles. The molecule has 0 N–H and O–H groups in total. The highest BCUT2D eigenvalue weighted by atomic mass is 35.5. The Kier molecular flexibility index (Phi) is 6.48. The second kappa shape index (κ2) is 9.12. The van der Waals surface area contributed by atoms with Crippen molar-refractivity contribution >= 4 is 44.5 Å². The smallest absolute Gasteiger partial charge is 0.176 e.